The minimum absolute atomic E-state index is 0.102. The van der Waals surface area contributed by atoms with E-state index in [2.05, 4.69) is 52.0 Å². The summed E-state index contributed by atoms with van der Waals surface area (Å²) in [5, 5.41) is 7.49. The SMILES string of the molecule is CN(C)C1CCN(c2ccc(C(=N)N)c(Br)c2)CC1. The molecule has 1 fully saturated rings. The van der Waals surface area contributed by atoms with Gasteiger partial charge in [-0.3, -0.25) is 5.41 Å². The molecular formula is C14H21BrN4. The quantitative estimate of drug-likeness (QED) is 0.662. The van der Waals surface area contributed by atoms with Crippen molar-refractivity contribution >= 4 is 27.5 Å². The van der Waals surface area contributed by atoms with Gasteiger partial charge in [0.1, 0.15) is 5.84 Å². The second-order valence-electron chi connectivity index (χ2n) is 5.26. The Morgan fingerprint density at radius 1 is 1.37 bits per heavy atom. The van der Waals surface area contributed by atoms with Crippen LogP contribution < -0.4 is 10.6 Å². The molecule has 1 aliphatic rings. The number of benzene rings is 1. The van der Waals surface area contributed by atoms with Gasteiger partial charge in [-0.2, -0.15) is 0 Å². The molecule has 1 aromatic carbocycles. The van der Waals surface area contributed by atoms with E-state index in [1.165, 1.54) is 18.5 Å². The first-order valence-electron chi connectivity index (χ1n) is 6.54. The first-order chi connectivity index (χ1) is 8.99. The Hall–Kier alpha value is -1.07. The van der Waals surface area contributed by atoms with Gasteiger partial charge in [0.2, 0.25) is 0 Å². The van der Waals surface area contributed by atoms with Crippen LogP contribution in [0.2, 0.25) is 0 Å². The van der Waals surface area contributed by atoms with Crippen LogP contribution in [0.4, 0.5) is 5.69 Å². The summed E-state index contributed by atoms with van der Waals surface area (Å²) in [6.07, 6.45) is 2.39. The average Bonchev–Trinajstić information content (AvgIpc) is 2.38. The van der Waals surface area contributed by atoms with Crippen molar-refractivity contribution in [2.45, 2.75) is 18.9 Å². The molecule has 104 valence electrons. The molecule has 1 aromatic rings. The molecule has 1 saturated heterocycles. The Labute approximate surface area is 123 Å². The van der Waals surface area contributed by atoms with E-state index >= 15 is 0 Å². The number of piperidine rings is 1. The number of halogens is 1. The number of amidine groups is 1. The topological polar surface area (TPSA) is 56.4 Å². The zero-order valence-corrected chi connectivity index (χ0v) is 13.1. The lowest BCUT2D eigenvalue weighted by molar-refractivity contribution is 0.249. The molecule has 2 rings (SSSR count). The highest BCUT2D eigenvalue weighted by molar-refractivity contribution is 9.10. The normalized spacial score (nSPS) is 16.9. The van der Waals surface area contributed by atoms with E-state index in [-0.39, 0.29) is 5.84 Å². The first kappa shape index (κ1) is 14.3. The molecule has 1 heterocycles. The molecule has 0 saturated carbocycles. The van der Waals surface area contributed by atoms with Crippen LogP contribution >= 0.6 is 15.9 Å². The van der Waals surface area contributed by atoms with Crippen molar-refractivity contribution in [2.75, 3.05) is 32.1 Å². The number of nitrogen functional groups attached to an aromatic ring is 1. The fourth-order valence-electron chi connectivity index (χ4n) is 2.56. The summed E-state index contributed by atoms with van der Waals surface area (Å²) < 4.78 is 0.896. The van der Waals surface area contributed by atoms with Crippen molar-refractivity contribution in [1.82, 2.24) is 4.90 Å². The van der Waals surface area contributed by atoms with Crippen LogP contribution in [0.15, 0.2) is 22.7 Å². The van der Waals surface area contributed by atoms with E-state index < -0.39 is 0 Å². The summed E-state index contributed by atoms with van der Waals surface area (Å²) in [6.45, 7) is 2.16. The summed E-state index contributed by atoms with van der Waals surface area (Å²) in [7, 11) is 4.30. The monoisotopic (exact) mass is 324 g/mol. The third-order valence-corrected chi connectivity index (χ3v) is 4.46. The van der Waals surface area contributed by atoms with Crippen molar-refractivity contribution in [3.63, 3.8) is 0 Å². The first-order valence-corrected chi connectivity index (χ1v) is 7.33. The molecule has 0 radical (unpaired) electrons. The highest BCUT2D eigenvalue weighted by Crippen LogP contribution is 2.26. The number of anilines is 1. The van der Waals surface area contributed by atoms with Crippen LogP contribution in [0.25, 0.3) is 0 Å². The van der Waals surface area contributed by atoms with Crippen LogP contribution in [0.1, 0.15) is 18.4 Å². The summed E-state index contributed by atoms with van der Waals surface area (Å²) in [4.78, 5) is 4.71. The van der Waals surface area contributed by atoms with Crippen molar-refractivity contribution in [3.05, 3.63) is 28.2 Å². The van der Waals surface area contributed by atoms with Gasteiger partial charge in [0.15, 0.2) is 0 Å². The van der Waals surface area contributed by atoms with E-state index in [0.29, 0.717) is 6.04 Å². The van der Waals surface area contributed by atoms with Gasteiger partial charge >= 0.3 is 0 Å². The molecule has 0 atom stereocenters. The van der Waals surface area contributed by atoms with Gasteiger partial charge in [-0.1, -0.05) is 0 Å². The van der Waals surface area contributed by atoms with Crippen LogP contribution in [0.5, 0.6) is 0 Å². The molecule has 0 spiro atoms. The maximum absolute atomic E-state index is 7.49. The van der Waals surface area contributed by atoms with Gasteiger partial charge in [-0.15, -0.1) is 0 Å². The van der Waals surface area contributed by atoms with Crippen LogP contribution in [0, 0.1) is 5.41 Å². The predicted molar refractivity (Wildman–Crippen MR) is 84.1 cm³/mol. The summed E-state index contributed by atoms with van der Waals surface area (Å²) in [5.41, 5.74) is 7.49. The second kappa shape index (κ2) is 5.92. The van der Waals surface area contributed by atoms with Crippen LogP contribution in [0.3, 0.4) is 0 Å². The molecule has 19 heavy (non-hydrogen) atoms. The van der Waals surface area contributed by atoms with Crippen LogP contribution in [-0.4, -0.2) is 44.0 Å². The number of rotatable bonds is 3. The fraction of sp³-hybridized carbons (Fsp3) is 0.500. The molecule has 5 heteroatoms. The van der Waals surface area contributed by atoms with Crippen molar-refractivity contribution in [3.8, 4) is 0 Å². The van der Waals surface area contributed by atoms with Gasteiger partial charge in [-0.05, 0) is 61.1 Å². The Morgan fingerprint density at radius 3 is 2.47 bits per heavy atom. The van der Waals surface area contributed by atoms with Crippen LogP contribution in [-0.2, 0) is 0 Å². The average molecular weight is 325 g/mol. The van der Waals surface area contributed by atoms with Gasteiger partial charge in [-0.25, -0.2) is 0 Å². The predicted octanol–water partition coefficient (Wildman–Crippen LogP) is 2.26. The van der Waals surface area contributed by atoms with Crippen molar-refractivity contribution in [2.24, 2.45) is 5.73 Å². The number of hydrogen-bond donors (Lipinski definition) is 2. The zero-order chi connectivity index (χ0) is 14.0. The van der Waals surface area contributed by atoms with Gasteiger partial charge in [0.05, 0.1) is 0 Å². The molecule has 0 unspecified atom stereocenters. The van der Waals surface area contributed by atoms with Crippen molar-refractivity contribution in [1.29, 1.82) is 5.41 Å². The fourth-order valence-corrected chi connectivity index (χ4v) is 3.14. The van der Waals surface area contributed by atoms with Gasteiger partial charge in [0.25, 0.3) is 0 Å². The van der Waals surface area contributed by atoms with E-state index in [1.54, 1.807) is 0 Å². The molecule has 1 aliphatic heterocycles. The highest BCUT2D eigenvalue weighted by Gasteiger charge is 2.21. The number of nitrogens with zero attached hydrogens (tertiary/aromatic N) is 2. The van der Waals surface area contributed by atoms with E-state index in [0.717, 1.165) is 23.1 Å². The lowest BCUT2D eigenvalue weighted by Gasteiger charge is -2.36. The third-order valence-electron chi connectivity index (χ3n) is 3.80. The standard InChI is InChI=1S/C14H21BrN4/c1-18(2)10-5-7-19(8-6-10)11-3-4-12(14(16)17)13(15)9-11/h3-4,9-10H,5-8H2,1-2H3,(H3,16,17). The Balaban J connectivity index is 2.08. The lowest BCUT2D eigenvalue weighted by atomic mass is 10.0. The second-order valence-corrected chi connectivity index (χ2v) is 6.11. The minimum atomic E-state index is 0.102. The van der Waals surface area contributed by atoms with Crippen molar-refractivity contribution < 1.29 is 0 Å². The maximum Gasteiger partial charge on any atom is 0.123 e. The number of nitrogens with two attached hydrogens (primary N) is 1. The summed E-state index contributed by atoms with van der Waals surface area (Å²) in [6, 6.07) is 6.72. The van der Waals surface area contributed by atoms with E-state index in [9.17, 15) is 0 Å². The molecule has 3 N–H and O–H groups in total. The Morgan fingerprint density at radius 2 is 2.00 bits per heavy atom. The van der Waals surface area contributed by atoms with E-state index in [4.69, 9.17) is 11.1 Å². The smallest absolute Gasteiger partial charge is 0.123 e. The lowest BCUT2D eigenvalue weighted by Crippen LogP contribution is -2.42. The van der Waals surface area contributed by atoms with Gasteiger partial charge in [0, 0.05) is 34.9 Å². The number of hydrogen-bond acceptors (Lipinski definition) is 3. The number of nitrogens with one attached hydrogen (secondary N) is 1. The zero-order valence-electron chi connectivity index (χ0n) is 11.5. The molecule has 0 aromatic heterocycles. The highest BCUT2D eigenvalue weighted by atomic mass is 79.9. The largest absolute Gasteiger partial charge is 0.384 e. The minimum Gasteiger partial charge on any atom is -0.384 e. The molecule has 0 bridgehead atoms. The summed E-state index contributed by atoms with van der Waals surface area (Å²) >= 11 is 3.49. The molecule has 0 amide bonds. The van der Waals surface area contributed by atoms with E-state index in [1.807, 2.05) is 6.07 Å². The maximum atomic E-state index is 7.49. The van der Waals surface area contributed by atoms with Gasteiger partial charge < -0.3 is 15.5 Å². The Kier molecular flexibility index (Phi) is 4.47. The molecule has 4 nitrogen and oxygen atoms in total. The molecule has 0 aliphatic carbocycles. The Bertz CT molecular complexity index is 465. The third kappa shape index (κ3) is 3.28. The summed E-state index contributed by atoms with van der Waals surface area (Å²) in [5.74, 6) is 0.102. The molecular weight excluding hydrogens is 304 g/mol.